The number of hydrogen-bond donors (Lipinski definition) is 1. The van der Waals surface area contributed by atoms with E-state index in [0.29, 0.717) is 5.82 Å². The average molecular weight is 541 g/mol. The fourth-order valence-corrected chi connectivity index (χ4v) is 5.66. The van der Waals surface area contributed by atoms with Crippen LogP contribution in [0.15, 0.2) is 48.5 Å². The van der Waals surface area contributed by atoms with Crippen molar-refractivity contribution in [2.45, 2.75) is 64.3 Å². The van der Waals surface area contributed by atoms with Gasteiger partial charge in [-0.25, -0.2) is 13.5 Å². The van der Waals surface area contributed by atoms with Crippen LogP contribution in [0.2, 0.25) is 0 Å². The molecular formula is C29H34F2N4O2S. The number of halogens is 2. The molecular weight excluding hydrogens is 506 g/mol. The first-order valence-electron chi connectivity index (χ1n) is 12.6. The zero-order valence-electron chi connectivity index (χ0n) is 22.6. The van der Waals surface area contributed by atoms with Gasteiger partial charge >= 0.3 is 0 Å². The summed E-state index contributed by atoms with van der Waals surface area (Å²) in [6.45, 7) is 12.2. The van der Waals surface area contributed by atoms with Gasteiger partial charge in [0.05, 0.1) is 22.2 Å². The van der Waals surface area contributed by atoms with Crippen molar-refractivity contribution in [1.82, 2.24) is 15.1 Å². The molecule has 6 nitrogen and oxygen atoms in total. The number of carbonyl (C=O) groups excluding carboxylic acids is 2. The van der Waals surface area contributed by atoms with Gasteiger partial charge in [-0.1, -0.05) is 45.0 Å². The summed E-state index contributed by atoms with van der Waals surface area (Å²) in [5.41, 5.74) is 2.23. The molecule has 0 spiro atoms. The monoisotopic (exact) mass is 540 g/mol. The van der Waals surface area contributed by atoms with Gasteiger partial charge in [0.15, 0.2) is 0 Å². The predicted octanol–water partition coefficient (Wildman–Crippen LogP) is 5.70. The molecule has 1 atom stereocenters. The molecule has 1 aliphatic heterocycles. The summed E-state index contributed by atoms with van der Waals surface area (Å²) in [7, 11) is 0. The average Bonchev–Trinajstić information content (AvgIpc) is 3.18. The molecule has 2 heterocycles. The Morgan fingerprint density at radius 2 is 1.74 bits per heavy atom. The van der Waals surface area contributed by atoms with E-state index in [2.05, 4.69) is 26.1 Å². The number of thioether (sulfide) groups is 1. The largest absolute Gasteiger partial charge is 0.350 e. The van der Waals surface area contributed by atoms with Gasteiger partial charge in [0, 0.05) is 17.5 Å². The molecule has 0 bridgehead atoms. The number of aromatic nitrogens is 2. The molecule has 202 valence electrons. The van der Waals surface area contributed by atoms with E-state index in [1.165, 1.54) is 40.9 Å². The summed E-state index contributed by atoms with van der Waals surface area (Å²) >= 11 is 1.41. The van der Waals surface area contributed by atoms with Crippen molar-refractivity contribution in [2.24, 2.45) is 0 Å². The SMILES string of the molecule is CC(C)(C)c1nn(C(C)(C)C)c2c1C(c1cccc(F)c1)SCC(=O)N2CC(=O)NCc1ccc(F)cc1. The van der Waals surface area contributed by atoms with Crippen LogP contribution in [0.25, 0.3) is 0 Å². The van der Waals surface area contributed by atoms with Gasteiger partial charge in [-0.3, -0.25) is 14.5 Å². The number of hydrogen-bond acceptors (Lipinski definition) is 4. The molecule has 0 radical (unpaired) electrons. The molecule has 9 heteroatoms. The number of benzene rings is 2. The first kappa shape index (κ1) is 27.8. The second-order valence-electron chi connectivity index (χ2n) is 11.5. The number of rotatable bonds is 5. The normalized spacial score (nSPS) is 16.3. The highest BCUT2D eigenvalue weighted by molar-refractivity contribution is 8.00. The van der Waals surface area contributed by atoms with Gasteiger partial charge in [-0.05, 0) is 56.2 Å². The van der Waals surface area contributed by atoms with E-state index in [1.54, 1.807) is 18.2 Å². The number of nitrogens with one attached hydrogen (secondary N) is 1. The number of amides is 2. The molecule has 1 aromatic heterocycles. The van der Waals surface area contributed by atoms with E-state index in [9.17, 15) is 18.4 Å². The molecule has 3 aromatic rings. The minimum atomic E-state index is -0.502. The van der Waals surface area contributed by atoms with Crippen molar-refractivity contribution in [3.63, 3.8) is 0 Å². The summed E-state index contributed by atoms with van der Waals surface area (Å²) < 4.78 is 29.4. The number of nitrogens with zero attached hydrogens (tertiary/aromatic N) is 3. The summed E-state index contributed by atoms with van der Waals surface area (Å²) in [5, 5.41) is 7.51. The zero-order chi connectivity index (χ0) is 27.8. The van der Waals surface area contributed by atoms with Crippen LogP contribution in [0.1, 0.15) is 69.2 Å². The minimum Gasteiger partial charge on any atom is -0.350 e. The van der Waals surface area contributed by atoms with Crippen LogP contribution in [0, 0.1) is 11.6 Å². The summed E-state index contributed by atoms with van der Waals surface area (Å²) in [6, 6.07) is 12.3. The van der Waals surface area contributed by atoms with E-state index >= 15 is 0 Å². The summed E-state index contributed by atoms with van der Waals surface area (Å²) in [4.78, 5) is 28.2. The lowest BCUT2D eigenvalue weighted by Crippen LogP contribution is -2.43. The quantitative estimate of drug-likeness (QED) is 0.451. The Morgan fingerprint density at radius 1 is 1.05 bits per heavy atom. The Kier molecular flexibility index (Phi) is 7.70. The number of anilines is 1. The van der Waals surface area contributed by atoms with E-state index in [1.807, 2.05) is 31.5 Å². The standard InChI is InChI=1S/C29H34F2N4O2S/c1-28(2,3)26-24-25(19-8-7-9-21(31)14-19)38-17-23(37)34(27(24)35(33-26)29(4,5)6)16-22(36)32-15-18-10-12-20(30)13-11-18/h7-14,25H,15-17H2,1-6H3,(H,32,36). The Hall–Kier alpha value is -3.20. The Balaban J connectivity index is 1.80. The van der Waals surface area contributed by atoms with Crippen LogP contribution in [0.3, 0.4) is 0 Å². The molecule has 0 aliphatic carbocycles. The van der Waals surface area contributed by atoms with Crippen molar-refractivity contribution in [3.8, 4) is 0 Å². The maximum Gasteiger partial charge on any atom is 0.240 e. The van der Waals surface area contributed by atoms with Crippen LogP contribution < -0.4 is 10.2 Å². The minimum absolute atomic E-state index is 0.120. The molecule has 1 aliphatic rings. The van der Waals surface area contributed by atoms with Crippen LogP contribution in [0.4, 0.5) is 14.6 Å². The number of fused-ring (bicyclic) bond motifs is 1. The van der Waals surface area contributed by atoms with E-state index in [0.717, 1.165) is 22.4 Å². The fraction of sp³-hybridized carbons (Fsp3) is 0.414. The molecule has 2 amide bonds. The second kappa shape index (κ2) is 10.5. The van der Waals surface area contributed by atoms with E-state index < -0.39 is 5.54 Å². The predicted molar refractivity (Wildman–Crippen MR) is 147 cm³/mol. The van der Waals surface area contributed by atoms with Crippen molar-refractivity contribution in [1.29, 1.82) is 0 Å². The highest BCUT2D eigenvalue weighted by Crippen LogP contribution is 2.48. The summed E-state index contributed by atoms with van der Waals surface area (Å²) in [6.07, 6.45) is 0. The highest BCUT2D eigenvalue weighted by Gasteiger charge is 2.41. The van der Waals surface area contributed by atoms with E-state index in [4.69, 9.17) is 5.10 Å². The first-order chi connectivity index (χ1) is 17.8. The van der Waals surface area contributed by atoms with E-state index in [-0.39, 0.29) is 53.0 Å². The maximum atomic E-state index is 14.3. The molecule has 1 N–H and O–H groups in total. The van der Waals surface area contributed by atoms with Gasteiger partial charge in [0.2, 0.25) is 11.8 Å². The van der Waals surface area contributed by atoms with Gasteiger partial charge in [0.25, 0.3) is 0 Å². The lowest BCUT2D eigenvalue weighted by molar-refractivity contribution is -0.123. The molecule has 1 unspecified atom stereocenters. The van der Waals surface area contributed by atoms with Crippen LogP contribution in [0.5, 0.6) is 0 Å². The molecule has 38 heavy (non-hydrogen) atoms. The highest BCUT2D eigenvalue weighted by atomic mass is 32.2. The Morgan fingerprint density at radius 3 is 2.34 bits per heavy atom. The maximum absolute atomic E-state index is 14.3. The lowest BCUT2D eigenvalue weighted by atomic mass is 9.87. The van der Waals surface area contributed by atoms with Crippen molar-refractivity contribution < 1.29 is 18.4 Å². The Bertz CT molecular complexity index is 1340. The smallest absolute Gasteiger partial charge is 0.240 e. The van der Waals surface area contributed by atoms with Crippen molar-refractivity contribution in [2.75, 3.05) is 17.2 Å². The van der Waals surface area contributed by atoms with Crippen molar-refractivity contribution in [3.05, 3.63) is 82.5 Å². The molecule has 2 aromatic carbocycles. The second-order valence-corrected chi connectivity index (χ2v) is 12.6. The molecule has 0 fully saturated rings. The molecule has 0 saturated carbocycles. The first-order valence-corrected chi connectivity index (χ1v) is 13.6. The van der Waals surface area contributed by atoms with Crippen LogP contribution in [-0.4, -0.2) is 33.9 Å². The van der Waals surface area contributed by atoms with Crippen LogP contribution in [-0.2, 0) is 27.1 Å². The van der Waals surface area contributed by atoms with Gasteiger partial charge in [-0.2, -0.15) is 5.10 Å². The third-order valence-electron chi connectivity index (χ3n) is 6.29. The van der Waals surface area contributed by atoms with Gasteiger partial charge in [0.1, 0.15) is 24.0 Å². The van der Waals surface area contributed by atoms with Gasteiger partial charge in [-0.15, -0.1) is 11.8 Å². The summed E-state index contributed by atoms with van der Waals surface area (Å²) in [5.74, 6) is -0.589. The van der Waals surface area contributed by atoms with Gasteiger partial charge < -0.3 is 5.32 Å². The topological polar surface area (TPSA) is 67.2 Å². The third kappa shape index (κ3) is 5.93. The molecule has 0 saturated heterocycles. The fourth-order valence-electron chi connectivity index (χ4n) is 4.48. The Labute approximate surface area is 226 Å². The lowest BCUT2D eigenvalue weighted by Gasteiger charge is -2.29. The molecule has 4 rings (SSSR count). The van der Waals surface area contributed by atoms with Crippen LogP contribution >= 0.6 is 11.8 Å². The van der Waals surface area contributed by atoms with Crippen molar-refractivity contribution >= 4 is 29.4 Å². The zero-order valence-corrected chi connectivity index (χ0v) is 23.5. The number of carbonyl (C=O) groups is 2. The third-order valence-corrected chi connectivity index (χ3v) is 7.55.